The van der Waals surface area contributed by atoms with E-state index in [0.717, 1.165) is 0 Å². The molecule has 0 atom stereocenters. The summed E-state index contributed by atoms with van der Waals surface area (Å²) in [6.45, 7) is -0.0509. The summed E-state index contributed by atoms with van der Waals surface area (Å²) in [6.07, 6.45) is 0. The minimum absolute atomic E-state index is 0.0509. The lowest BCUT2D eigenvalue weighted by molar-refractivity contribution is 0.284. The van der Waals surface area contributed by atoms with Crippen molar-refractivity contribution >= 4 is 21.6 Å². The number of hydrogen-bond donors (Lipinski definition) is 1. The molecule has 2 aromatic carbocycles. The van der Waals surface area contributed by atoms with Crippen molar-refractivity contribution in [3.05, 3.63) is 58.1 Å². The summed E-state index contributed by atoms with van der Waals surface area (Å²) in [5.41, 5.74) is 6.09. The second-order valence-corrected chi connectivity index (χ2v) is 4.63. The first-order valence-electron chi connectivity index (χ1n) is 5.18. The molecule has 0 amide bonds. The number of halogens is 3. The SMILES string of the molecule is Nc1ccc(COc2ccc(Br)cc2F)c(F)c1. The Morgan fingerprint density at radius 1 is 1.06 bits per heavy atom. The average Bonchev–Trinajstić information content (AvgIpc) is 2.30. The van der Waals surface area contributed by atoms with Crippen LogP contribution in [-0.2, 0) is 6.61 Å². The Morgan fingerprint density at radius 3 is 2.50 bits per heavy atom. The smallest absolute Gasteiger partial charge is 0.166 e. The van der Waals surface area contributed by atoms with E-state index in [1.54, 1.807) is 12.1 Å². The molecule has 0 heterocycles. The van der Waals surface area contributed by atoms with E-state index in [2.05, 4.69) is 15.9 Å². The summed E-state index contributed by atoms with van der Waals surface area (Å²) < 4.78 is 32.7. The van der Waals surface area contributed by atoms with E-state index in [1.165, 1.54) is 24.3 Å². The van der Waals surface area contributed by atoms with Crippen LogP contribution in [0.4, 0.5) is 14.5 Å². The maximum atomic E-state index is 13.5. The highest BCUT2D eigenvalue weighted by Crippen LogP contribution is 2.23. The number of hydrogen-bond acceptors (Lipinski definition) is 2. The van der Waals surface area contributed by atoms with E-state index < -0.39 is 11.6 Å². The van der Waals surface area contributed by atoms with Crippen molar-refractivity contribution in [3.8, 4) is 5.75 Å². The van der Waals surface area contributed by atoms with Gasteiger partial charge >= 0.3 is 0 Å². The third-order valence-electron chi connectivity index (χ3n) is 2.35. The Morgan fingerprint density at radius 2 is 1.83 bits per heavy atom. The molecule has 0 bridgehead atoms. The third-order valence-corrected chi connectivity index (χ3v) is 2.85. The van der Waals surface area contributed by atoms with Gasteiger partial charge in [-0.15, -0.1) is 0 Å². The maximum absolute atomic E-state index is 13.5. The van der Waals surface area contributed by atoms with Crippen LogP contribution in [-0.4, -0.2) is 0 Å². The number of nitrogens with two attached hydrogens (primary N) is 1. The largest absolute Gasteiger partial charge is 0.486 e. The molecule has 2 aromatic rings. The van der Waals surface area contributed by atoms with Crippen molar-refractivity contribution in [3.63, 3.8) is 0 Å². The second kappa shape index (κ2) is 5.35. The zero-order valence-corrected chi connectivity index (χ0v) is 10.9. The van der Waals surface area contributed by atoms with E-state index in [4.69, 9.17) is 10.5 Å². The Hall–Kier alpha value is -1.62. The molecule has 5 heteroatoms. The standard InChI is InChI=1S/C13H10BrF2NO/c14-9-2-4-13(12(16)5-9)18-7-8-1-3-10(17)6-11(8)15/h1-6H,7,17H2. The van der Waals surface area contributed by atoms with Crippen LogP contribution in [0.2, 0.25) is 0 Å². The highest BCUT2D eigenvalue weighted by Gasteiger charge is 2.07. The topological polar surface area (TPSA) is 35.2 Å². The molecule has 2 rings (SSSR count). The second-order valence-electron chi connectivity index (χ2n) is 3.71. The first kappa shape index (κ1) is 12.8. The molecule has 0 aliphatic rings. The highest BCUT2D eigenvalue weighted by molar-refractivity contribution is 9.10. The summed E-state index contributed by atoms with van der Waals surface area (Å²) >= 11 is 3.14. The van der Waals surface area contributed by atoms with Crippen molar-refractivity contribution in [2.75, 3.05) is 5.73 Å². The molecule has 0 spiro atoms. The molecule has 0 aromatic heterocycles. The summed E-state index contributed by atoms with van der Waals surface area (Å²) in [5, 5.41) is 0. The predicted octanol–water partition coefficient (Wildman–Crippen LogP) is 3.89. The first-order chi connectivity index (χ1) is 8.56. The van der Waals surface area contributed by atoms with E-state index >= 15 is 0 Å². The normalized spacial score (nSPS) is 10.4. The number of rotatable bonds is 3. The van der Waals surface area contributed by atoms with Gasteiger partial charge in [-0.25, -0.2) is 8.78 Å². The van der Waals surface area contributed by atoms with Crippen LogP contribution >= 0.6 is 15.9 Å². The van der Waals surface area contributed by atoms with E-state index in [0.29, 0.717) is 15.7 Å². The van der Waals surface area contributed by atoms with Gasteiger partial charge in [0.2, 0.25) is 0 Å². The summed E-state index contributed by atoms with van der Waals surface area (Å²) in [5.74, 6) is -0.887. The zero-order valence-electron chi connectivity index (χ0n) is 9.29. The Kier molecular flexibility index (Phi) is 3.81. The number of nitrogen functional groups attached to an aromatic ring is 1. The van der Waals surface area contributed by atoms with Crippen molar-refractivity contribution in [2.24, 2.45) is 0 Å². The van der Waals surface area contributed by atoms with Gasteiger partial charge < -0.3 is 10.5 Å². The minimum Gasteiger partial charge on any atom is -0.486 e. The molecule has 18 heavy (non-hydrogen) atoms. The molecule has 0 radical (unpaired) electrons. The fourth-order valence-corrected chi connectivity index (χ4v) is 1.76. The Labute approximate surface area is 112 Å². The fourth-order valence-electron chi connectivity index (χ4n) is 1.43. The van der Waals surface area contributed by atoms with E-state index in [1.807, 2.05) is 0 Å². The van der Waals surface area contributed by atoms with Gasteiger partial charge in [0, 0.05) is 15.7 Å². The van der Waals surface area contributed by atoms with Gasteiger partial charge in [0.15, 0.2) is 11.6 Å². The van der Waals surface area contributed by atoms with Crippen LogP contribution in [0, 0.1) is 11.6 Å². The Balaban J connectivity index is 2.11. The van der Waals surface area contributed by atoms with Crippen LogP contribution in [0.15, 0.2) is 40.9 Å². The van der Waals surface area contributed by atoms with Crippen molar-refractivity contribution in [1.82, 2.24) is 0 Å². The summed E-state index contributed by atoms with van der Waals surface area (Å²) in [4.78, 5) is 0. The van der Waals surface area contributed by atoms with Crippen LogP contribution in [0.5, 0.6) is 5.75 Å². The first-order valence-corrected chi connectivity index (χ1v) is 5.97. The van der Waals surface area contributed by atoms with Gasteiger partial charge in [-0.05, 0) is 30.3 Å². The van der Waals surface area contributed by atoms with Gasteiger partial charge in [0.1, 0.15) is 12.4 Å². The van der Waals surface area contributed by atoms with Crippen LogP contribution < -0.4 is 10.5 Å². The predicted molar refractivity (Wildman–Crippen MR) is 69.2 cm³/mol. The lowest BCUT2D eigenvalue weighted by Crippen LogP contribution is -2.00. The van der Waals surface area contributed by atoms with Crippen LogP contribution in [0.25, 0.3) is 0 Å². The Bertz CT molecular complexity index is 523. The monoisotopic (exact) mass is 313 g/mol. The lowest BCUT2D eigenvalue weighted by atomic mass is 10.2. The molecular weight excluding hydrogens is 304 g/mol. The molecule has 94 valence electrons. The molecule has 2 nitrogen and oxygen atoms in total. The zero-order chi connectivity index (χ0) is 13.1. The van der Waals surface area contributed by atoms with Crippen molar-refractivity contribution in [1.29, 1.82) is 0 Å². The molecular formula is C13H10BrF2NO. The van der Waals surface area contributed by atoms with Crippen molar-refractivity contribution in [2.45, 2.75) is 6.61 Å². The third kappa shape index (κ3) is 2.98. The van der Waals surface area contributed by atoms with E-state index in [-0.39, 0.29) is 12.4 Å². The molecule has 0 unspecified atom stereocenters. The molecule has 2 N–H and O–H groups in total. The molecule has 0 fully saturated rings. The molecule has 0 saturated heterocycles. The highest BCUT2D eigenvalue weighted by atomic mass is 79.9. The lowest BCUT2D eigenvalue weighted by Gasteiger charge is -2.08. The maximum Gasteiger partial charge on any atom is 0.166 e. The average molecular weight is 314 g/mol. The van der Waals surface area contributed by atoms with Gasteiger partial charge in [0.05, 0.1) is 0 Å². The number of ether oxygens (including phenoxy) is 1. The van der Waals surface area contributed by atoms with Gasteiger partial charge in [-0.3, -0.25) is 0 Å². The fraction of sp³-hybridized carbons (Fsp3) is 0.0769. The van der Waals surface area contributed by atoms with Gasteiger partial charge in [-0.2, -0.15) is 0 Å². The van der Waals surface area contributed by atoms with Crippen LogP contribution in [0.3, 0.4) is 0 Å². The summed E-state index contributed by atoms with van der Waals surface area (Å²) in [6, 6.07) is 8.71. The van der Waals surface area contributed by atoms with Gasteiger partial charge in [0.25, 0.3) is 0 Å². The quantitative estimate of drug-likeness (QED) is 0.873. The summed E-state index contributed by atoms with van der Waals surface area (Å²) in [7, 11) is 0. The molecule has 0 saturated carbocycles. The van der Waals surface area contributed by atoms with Crippen LogP contribution in [0.1, 0.15) is 5.56 Å². The number of anilines is 1. The minimum atomic E-state index is -0.500. The van der Waals surface area contributed by atoms with Crippen molar-refractivity contribution < 1.29 is 13.5 Å². The van der Waals surface area contributed by atoms with E-state index in [9.17, 15) is 8.78 Å². The number of benzene rings is 2. The molecule has 0 aliphatic carbocycles. The molecule has 0 aliphatic heterocycles. The van der Waals surface area contributed by atoms with Gasteiger partial charge in [-0.1, -0.05) is 22.0 Å².